The van der Waals surface area contributed by atoms with Crippen LogP contribution in [-0.4, -0.2) is 37.0 Å². The summed E-state index contributed by atoms with van der Waals surface area (Å²) in [6.45, 7) is 4.81. The van der Waals surface area contributed by atoms with E-state index < -0.39 is 0 Å². The van der Waals surface area contributed by atoms with Gasteiger partial charge in [-0.3, -0.25) is 4.79 Å². The molecule has 0 aromatic heterocycles. The molecule has 0 aromatic rings. The maximum absolute atomic E-state index is 10.3. The van der Waals surface area contributed by atoms with Crippen LogP contribution in [0.25, 0.3) is 0 Å². The fourth-order valence-electron chi connectivity index (χ4n) is 1.22. The minimum Gasteiger partial charge on any atom is -0.342 e. The monoisotopic (exact) mass is 142 g/mol. The second kappa shape index (κ2) is 3.56. The van der Waals surface area contributed by atoms with Gasteiger partial charge in [0.05, 0.1) is 0 Å². The Balaban J connectivity index is 2.31. The highest BCUT2D eigenvalue weighted by molar-refractivity contribution is 5.47. The molecule has 1 N–H and O–H groups in total. The second-order valence-electron chi connectivity index (χ2n) is 2.66. The summed E-state index contributed by atoms with van der Waals surface area (Å²) in [5, 5.41) is 3.33. The molecule has 3 nitrogen and oxygen atoms in total. The van der Waals surface area contributed by atoms with Crippen molar-refractivity contribution in [2.75, 3.05) is 19.6 Å². The van der Waals surface area contributed by atoms with E-state index in [0.29, 0.717) is 6.04 Å². The molecule has 10 heavy (non-hydrogen) atoms. The van der Waals surface area contributed by atoms with Gasteiger partial charge in [-0.2, -0.15) is 0 Å². The maximum atomic E-state index is 10.3. The van der Waals surface area contributed by atoms with Crippen molar-refractivity contribution >= 4 is 6.41 Å². The van der Waals surface area contributed by atoms with E-state index in [1.165, 1.54) is 0 Å². The van der Waals surface area contributed by atoms with Crippen LogP contribution in [-0.2, 0) is 4.79 Å². The molecule has 0 radical (unpaired) electrons. The number of nitrogens with one attached hydrogen (secondary N) is 1. The van der Waals surface area contributed by atoms with Gasteiger partial charge in [-0.05, 0) is 6.42 Å². The van der Waals surface area contributed by atoms with E-state index in [1.54, 1.807) is 0 Å². The Hall–Kier alpha value is -0.570. The van der Waals surface area contributed by atoms with Gasteiger partial charge in [0, 0.05) is 25.7 Å². The van der Waals surface area contributed by atoms with Gasteiger partial charge in [0.1, 0.15) is 0 Å². The van der Waals surface area contributed by atoms with E-state index >= 15 is 0 Å². The van der Waals surface area contributed by atoms with Crippen LogP contribution in [0, 0.1) is 0 Å². The molecule has 0 saturated carbocycles. The Bertz CT molecular complexity index is 116. The molecule has 1 aliphatic rings. The largest absolute Gasteiger partial charge is 0.342 e. The van der Waals surface area contributed by atoms with Gasteiger partial charge in [-0.25, -0.2) is 0 Å². The van der Waals surface area contributed by atoms with Gasteiger partial charge in [0.25, 0.3) is 0 Å². The van der Waals surface area contributed by atoms with Crippen molar-refractivity contribution in [1.29, 1.82) is 0 Å². The Morgan fingerprint density at radius 2 is 2.60 bits per heavy atom. The first-order chi connectivity index (χ1) is 4.86. The molecule has 1 saturated heterocycles. The summed E-state index contributed by atoms with van der Waals surface area (Å²) >= 11 is 0. The standard InChI is InChI=1S/C7H14N2O/c1-2-7-5-9(6-10)4-3-8-7/h6-8H,2-5H2,1H3. The molecule has 1 amide bonds. The third-order valence-electron chi connectivity index (χ3n) is 1.93. The molecule has 0 aromatic carbocycles. The summed E-state index contributed by atoms with van der Waals surface area (Å²) in [7, 11) is 0. The molecule has 1 atom stereocenters. The molecular formula is C7H14N2O. The fraction of sp³-hybridized carbons (Fsp3) is 0.857. The summed E-state index contributed by atoms with van der Waals surface area (Å²) in [6, 6.07) is 0.513. The van der Waals surface area contributed by atoms with Crippen LogP contribution in [0.2, 0.25) is 0 Å². The Morgan fingerprint density at radius 3 is 3.20 bits per heavy atom. The molecular weight excluding hydrogens is 128 g/mol. The van der Waals surface area contributed by atoms with Crippen LogP contribution in [0.4, 0.5) is 0 Å². The van der Waals surface area contributed by atoms with E-state index in [9.17, 15) is 4.79 Å². The zero-order chi connectivity index (χ0) is 7.40. The minimum atomic E-state index is 0.513. The number of amides is 1. The van der Waals surface area contributed by atoms with E-state index in [2.05, 4.69) is 12.2 Å². The predicted molar refractivity (Wildman–Crippen MR) is 39.7 cm³/mol. The number of hydrogen-bond acceptors (Lipinski definition) is 2. The van der Waals surface area contributed by atoms with Crippen molar-refractivity contribution < 1.29 is 4.79 Å². The first-order valence-corrected chi connectivity index (χ1v) is 3.79. The molecule has 0 bridgehead atoms. The van der Waals surface area contributed by atoms with E-state index in [1.807, 2.05) is 4.90 Å². The average molecular weight is 142 g/mol. The quantitative estimate of drug-likeness (QED) is 0.543. The topological polar surface area (TPSA) is 32.3 Å². The van der Waals surface area contributed by atoms with Gasteiger partial charge in [0.15, 0.2) is 0 Å². The van der Waals surface area contributed by atoms with Crippen molar-refractivity contribution in [2.24, 2.45) is 0 Å². The highest BCUT2D eigenvalue weighted by Crippen LogP contribution is 1.98. The van der Waals surface area contributed by atoms with Gasteiger partial charge < -0.3 is 10.2 Å². The third kappa shape index (κ3) is 1.70. The molecule has 0 aliphatic carbocycles. The average Bonchev–Trinajstić information content (AvgIpc) is 2.05. The Kier molecular flexibility index (Phi) is 2.68. The zero-order valence-corrected chi connectivity index (χ0v) is 6.34. The number of rotatable bonds is 2. The third-order valence-corrected chi connectivity index (χ3v) is 1.93. The Morgan fingerprint density at radius 1 is 1.80 bits per heavy atom. The lowest BCUT2D eigenvalue weighted by molar-refractivity contribution is -0.119. The first kappa shape index (κ1) is 7.54. The van der Waals surface area contributed by atoms with E-state index in [0.717, 1.165) is 32.5 Å². The second-order valence-corrected chi connectivity index (χ2v) is 2.66. The van der Waals surface area contributed by atoms with E-state index in [-0.39, 0.29) is 0 Å². The van der Waals surface area contributed by atoms with Crippen molar-refractivity contribution in [3.05, 3.63) is 0 Å². The van der Waals surface area contributed by atoms with Crippen LogP contribution >= 0.6 is 0 Å². The molecule has 1 aliphatic heterocycles. The maximum Gasteiger partial charge on any atom is 0.209 e. The number of nitrogens with zero attached hydrogens (tertiary/aromatic N) is 1. The summed E-state index contributed by atoms with van der Waals surface area (Å²) in [5.74, 6) is 0. The first-order valence-electron chi connectivity index (χ1n) is 3.79. The van der Waals surface area contributed by atoms with Crippen molar-refractivity contribution in [3.63, 3.8) is 0 Å². The van der Waals surface area contributed by atoms with Gasteiger partial charge in [-0.1, -0.05) is 6.92 Å². The molecule has 1 fully saturated rings. The fourth-order valence-corrected chi connectivity index (χ4v) is 1.22. The lowest BCUT2D eigenvalue weighted by atomic mass is 10.2. The molecule has 58 valence electrons. The SMILES string of the molecule is CCC1CN(C=O)CCN1. The lowest BCUT2D eigenvalue weighted by Gasteiger charge is -2.30. The summed E-state index contributed by atoms with van der Waals surface area (Å²) in [6.07, 6.45) is 2.04. The van der Waals surface area contributed by atoms with Crippen LogP contribution in [0.3, 0.4) is 0 Å². The van der Waals surface area contributed by atoms with Gasteiger partial charge in [0.2, 0.25) is 6.41 Å². The summed E-state index contributed by atoms with van der Waals surface area (Å²) in [4.78, 5) is 12.1. The van der Waals surface area contributed by atoms with Crippen molar-refractivity contribution in [2.45, 2.75) is 19.4 Å². The molecule has 1 unspecified atom stereocenters. The summed E-state index contributed by atoms with van der Waals surface area (Å²) in [5.41, 5.74) is 0. The highest BCUT2D eigenvalue weighted by atomic mass is 16.1. The van der Waals surface area contributed by atoms with Crippen molar-refractivity contribution in [1.82, 2.24) is 10.2 Å². The van der Waals surface area contributed by atoms with Crippen LogP contribution in [0.5, 0.6) is 0 Å². The highest BCUT2D eigenvalue weighted by Gasteiger charge is 2.14. The number of carbonyl (C=O) groups is 1. The minimum absolute atomic E-state index is 0.513. The van der Waals surface area contributed by atoms with Crippen LogP contribution in [0.15, 0.2) is 0 Å². The van der Waals surface area contributed by atoms with Gasteiger partial charge >= 0.3 is 0 Å². The zero-order valence-electron chi connectivity index (χ0n) is 6.34. The van der Waals surface area contributed by atoms with E-state index in [4.69, 9.17) is 0 Å². The molecule has 0 spiro atoms. The van der Waals surface area contributed by atoms with Crippen molar-refractivity contribution in [3.8, 4) is 0 Å². The summed E-state index contributed by atoms with van der Waals surface area (Å²) < 4.78 is 0. The normalized spacial score (nSPS) is 26.5. The molecule has 3 heteroatoms. The van der Waals surface area contributed by atoms with Gasteiger partial charge in [-0.15, -0.1) is 0 Å². The molecule has 1 rings (SSSR count). The lowest BCUT2D eigenvalue weighted by Crippen LogP contribution is -2.49. The number of carbonyl (C=O) groups excluding carboxylic acids is 1. The molecule has 1 heterocycles. The smallest absolute Gasteiger partial charge is 0.209 e. The number of hydrogen-bond donors (Lipinski definition) is 1. The predicted octanol–water partition coefficient (Wildman–Crippen LogP) is -0.173. The number of piperazine rings is 1. The van der Waals surface area contributed by atoms with Crippen LogP contribution in [0.1, 0.15) is 13.3 Å². The Labute approximate surface area is 61.4 Å². The van der Waals surface area contributed by atoms with Crippen LogP contribution < -0.4 is 5.32 Å².